The van der Waals surface area contributed by atoms with Gasteiger partial charge in [-0.25, -0.2) is 0 Å². The number of rotatable bonds is 7. The molecular weight excluding hydrogens is 370 g/mol. The van der Waals surface area contributed by atoms with Crippen LogP contribution in [-0.4, -0.2) is 31.0 Å². The van der Waals surface area contributed by atoms with Gasteiger partial charge in [0.2, 0.25) is 0 Å². The summed E-state index contributed by atoms with van der Waals surface area (Å²) in [6, 6.07) is 13.4. The largest absolute Gasteiger partial charge is 0.493 e. The second-order valence-electron chi connectivity index (χ2n) is 5.21. The molecule has 0 aliphatic heterocycles. The Bertz CT molecular complexity index is 685. The lowest BCUT2D eigenvalue weighted by molar-refractivity contribution is 0.0771. The van der Waals surface area contributed by atoms with E-state index in [9.17, 15) is 4.79 Å². The molecule has 0 atom stereocenters. The Morgan fingerprint density at radius 3 is 2.33 bits per heavy atom. The lowest BCUT2D eigenvalue weighted by Gasteiger charge is -2.21. The van der Waals surface area contributed by atoms with Gasteiger partial charge in [0.05, 0.1) is 17.1 Å². The fraction of sp³-hybridized carbons (Fsp3) is 0.316. The smallest absolute Gasteiger partial charge is 0.255 e. The van der Waals surface area contributed by atoms with Gasteiger partial charge in [0.25, 0.3) is 5.91 Å². The molecule has 2 aromatic rings. The number of benzene rings is 2. The van der Waals surface area contributed by atoms with Gasteiger partial charge in [0.15, 0.2) is 11.5 Å². The number of halogens is 1. The number of ether oxygens (including phenoxy) is 2. The highest BCUT2D eigenvalue weighted by Gasteiger charge is 2.21. The summed E-state index contributed by atoms with van der Waals surface area (Å²) in [6.07, 6.45) is 0. The molecule has 0 unspecified atom stereocenters. The van der Waals surface area contributed by atoms with Gasteiger partial charge >= 0.3 is 0 Å². The van der Waals surface area contributed by atoms with Gasteiger partial charge in [0.1, 0.15) is 6.61 Å². The van der Waals surface area contributed by atoms with Crippen LogP contribution < -0.4 is 9.47 Å². The zero-order chi connectivity index (χ0) is 17.5. The first-order valence-corrected chi connectivity index (χ1v) is 8.74. The summed E-state index contributed by atoms with van der Waals surface area (Å²) in [5, 5.41) is 0. The summed E-state index contributed by atoms with van der Waals surface area (Å²) < 4.78 is 11.9. The Kier molecular flexibility index (Phi) is 6.67. The van der Waals surface area contributed by atoms with Gasteiger partial charge in [-0.15, -0.1) is 0 Å². The van der Waals surface area contributed by atoms with Crippen LogP contribution in [0.5, 0.6) is 11.5 Å². The van der Waals surface area contributed by atoms with Gasteiger partial charge in [-0.2, -0.15) is 0 Å². The third-order valence-corrected chi connectivity index (χ3v) is 4.58. The molecule has 0 aliphatic carbocycles. The first-order valence-electron chi connectivity index (χ1n) is 7.94. The Morgan fingerprint density at radius 2 is 1.75 bits per heavy atom. The lowest BCUT2D eigenvalue weighted by Crippen LogP contribution is -2.30. The summed E-state index contributed by atoms with van der Waals surface area (Å²) in [5.41, 5.74) is 1.62. The van der Waals surface area contributed by atoms with Crippen molar-refractivity contribution in [3.05, 3.63) is 58.1 Å². The van der Waals surface area contributed by atoms with Crippen LogP contribution in [0, 0.1) is 0 Å². The highest BCUT2D eigenvalue weighted by atomic mass is 79.9. The molecule has 1 amide bonds. The van der Waals surface area contributed by atoms with Crippen molar-refractivity contribution in [3.63, 3.8) is 0 Å². The third-order valence-electron chi connectivity index (χ3n) is 3.79. The van der Waals surface area contributed by atoms with E-state index >= 15 is 0 Å². The number of methoxy groups -OCH3 is 1. The average molecular weight is 392 g/mol. The fourth-order valence-corrected chi connectivity index (χ4v) is 3.02. The van der Waals surface area contributed by atoms with Crippen LogP contribution in [0.2, 0.25) is 0 Å². The molecular formula is C19H22BrNO3. The molecule has 0 aliphatic rings. The number of hydrogen-bond acceptors (Lipinski definition) is 3. The van der Waals surface area contributed by atoms with Gasteiger partial charge in [-0.3, -0.25) is 4.79 Å². The summed E-state index contributed by atoms with van der Waals surface area (Å²) in [4.78, 5) is 14.4. The van der Waals surface area contributed by atoms with E-state index in [1.165, 1.54) is 0 Å². The third kappa shape index (κ3) is 4.09. The number of carbonyl (C=O) groups is 1. The molecule has 0 saturated carbocycles. The number of hydrogen-bond donors (Lipinski definition) is 0. The Balaban J connectivity index is 2.31. The first-order chi connectivity index (χ1) is 11.6. The van der Waals surface area contributed by atoms with E-state index in [1.807, 2.05) is 44.2 Å². The van der Waals surface area contributed by atoms with E-state index in [-0.39, 0.29) is 5.91 Å². The zero-order valence-corrected chi connectivity index (χ0v) is 15.8. The van der Waals surface area contributed by atoms with E-state index in [4.69, 9.17) is 9.47 Å². The maximum atomic E-state index is 12.7. The van der Waals surface area contributed by atoms with E-state index < -0.39 is 0 Å². The van der Waals surface area contributed by atoms with Crippen LogP contribution in [0.25, 0.3) is 0 Å². The van der Waals surface area contributed by atoms with Gasteiger partial charge in [-0.05, 0) is 47.5 Å². The van der Waals surface area contributed by atoms with Gasteiger partial charge < -0.3 is 14.4 Å². The Morgan fingerprint density at radius 1 is 1.08 bits per heavy atom. The van der Waals surface area contributed by atoms with E-state index in [0.29, 0.717) is 41.2 Å². The van der Waals surface area contributed by atoms with E-state index in [2.05, 4.69) is 15.9 Å². The van der Waals surface area contributed by atoms with Crippen molar-refractivity contribution in [1.29, 1.82) is 0 Å². The molecule has 0 saturated heterocycles. The monoisotopic (exact) mass is 391 g/mol. The molecule has 2 rings (SSSR count). The highest BCUT2D eigenvalue weighted by Crippen LogP contribution is 2.38. The summed E-state index contributed by atoms with van der Waals surface area (Å²) in [5.74, 6) is 1.10. The predicted molar refractivity (Wildman–Crippen MR) is 98.7 cm³/mol. The van der Waals surface area contributed by atoms with Crippen molar-refractivity contribution >= 4 is 21.8 Å². The number of carbonyl (C=O) groups excluding carboxylic acids is 1. The van der Waals surface area contributed by atoms with Crippen molar-refractivity contribution in [2.24, 2.45) is 0 Å². The molecule has 128 valence electrons. The minimum Gasteiger partial charge on any atom is -0.493 e. The maximum Gasteiger partial charge on any atom is 0.255 e. The maximum absolute atomic E-state index is 12.7. The van der Waals surface area contributed by atoms with E-state index in [1.54, 1.807) is 24.1 Å². The molecule has 24 heavy (non-hydrogen) atoms. The Hall–Kier alpha value is -2.01. The van der Waals surface area contributed by atoms with Crippen LogP contribution in [-0.2, 0) is 6.61 Å². The molecule has 0 bridgehead atoms. The van der Waals surface area contributed by atoms with Crippen molar-refractivity contribution in [2.45, 2.75) is 20.5 Å². The molecule has 0 heterocycles. The highest BCUT2D eigenvalue weighted by molar-refractivity contribution is 9.10. The summed E-state index contributed by atoms with van der Waals surface area (Å²) in [6.45, 7) is 5.65. The van der Waals surface area contributed by atoms with Crippen LogP contribution in [0.3, 0.4) is 0 Å². The number of nitrogens with zero attached hydrogens (tertiary/aromatic N) is 1. The minimum atomic E-state index is -0.0286. The molecule has 0 fully saturated rings. The SMILES string of the molecule is CCN(CC)C(=O)c1ccc(OC)c(OCc2ccccc2)c1Br. The number of amides is 1. The van der Waals surface area contributed by atoms with Crippen LogP contribution in [0.4, 0.5) is 0 Å². The Labute approximate surface area is 151 Å². The second-order valence-corrected chi connectivity index (χ2v) is 6.00. The minimum absolute atomic E-state index is 0.0286. The average Bonchev–Trinajstić information content (AvgIpc) is 2.62. The second kappa shape index (κ2) is 8.73. The van der Waals surface area contributed by atoms with Crippen LogP contribution >= 0.6 is 15.9 Å². The van der Waals surface area contributed by atoms with Crippen molar-refractivity contribution < 1.29 is 14.3 Å². The predicted octanol–water partition coefficient (Wildman–Crippen LogP) is 4.52. The van der Waals surface area contributed by atoms with Gasteiger partial charge in [0, 0.05) is 13.1 Å². The van der Waals surface area contributed by atoms with Crippen molar-refractivity contribution in [1.82, 2.24) is 4.90 Å². The normalized spacial score (nSPS) is 10.3. The van der Waals surface area contributed by atoms with Crippen LogP contribution in [0.15, 0.2) is 46.9 Å². The topological polar surface area (TPSA) is 38.8 Å². The molecule has 2 aromatic carbocycles. The molecule has 0 spiro atoms. The molecule has 0 radical (unpaired) electrons. The molecule has 0 N–H and O–H groups in total. The lowest BCUT2D eigenvalue weighted by atomic mass is 10.1. The summed E-state index contributed by atoms with van der Waals surface area (Å²) >= 11 is 3.52. The molecule has 0 aromatic heterocycles. The zero-order valence-electron chi connectivity index (χ0n) is 14.2. The standard InChI is InChI=1S/C19H22BrNO3/c1-4-21(5-2)19(22)15-11-12-16(23-3)18(17(15)20)24-13-14-9-7-6-8-10-14/h6-12H,4-5,13H2,1-3H3. The quantitative estimate of drug-likeness (QED) is 0.696. The van der Waals surface area contributed by atoms with Crippen molar-refractivity contribution in [3.8, 4) is 11.5 Å². The van der Waals surface area contributed by atoms with Gasteiger partial charge in [-0.1, -0.05) is 30.3 Å². The first kappa shape index (κ1) is 18.3. The van der Waals surface area contributed by atoms with Crippen LogP contribution in [0.1, 0.15) is 29.8 Å². The van der Waals surface area contributed by atoms with Crippen molar-refractivity contribution in [2.75, 3.05) is 20.2 Å². The van der Waals surface area contributed by atoms with E-state index in [0.717, 1.165) is 5.56 Å². The molecule has 5 heteroatoms. The fourth-order valence-electron chi connectivity index (χ4n) is 2.41. The molecule has 4 nitrogen and oxygen atoms in total. The summed E-state index contributed by atoms with van der Waals surface area (Å²) in [7, 11) is 1.59.